The quantitative estimate of drug-likeness (QED) is 0.826. The number of hydrogen-bond donors (Lipinski definition) is 1. The number of aryl methyl sites for hydroxylation is 1. The lowest BCUT2D eigenvalue weighted by Gasteiger charge is -2.12. The molecule has 0 unspecified atom stereocenters. The van der Waals surface area contributed by atoms with Crippen LogP contribution in [0.15, 0.2) is 46.3 Å². The molecule has 0 aliphatic heterocycles. The first kappa shape index (κ1) is 17.3. The molecule has 0 aliphatic rings. The highest BCUT2D eigenvalue weighted by molar-refractivity contribution is 7.99. The van der Waals surface area contributed by atoms with Crippen molar-refractivity contribution in [3.8, 4) is 0 Å². The van der Waals surface area contributed by atoms with Crippen LogP contribution >= 0.6 is 11.8 Å². The van der Waals surface area contributed by atoms with Crippen LogP contribution in [0.4, 0.5) is 5.69 Å². The van der Waals surface area contributed by atoms with Crippen LogP contribution in [0.2, 0.25) is 0 Å². The van der Waals surface area contributed by atoms with Crippen molar-refractivity contribution in [2.45, 2.75) is 43.9 Å². The first-order valence-corrected chi connectivity index (χ1v) is 8.46. The molecule has 1 aromatic carbocycles. The van der Waals surface area contributed by atoms with E-state index in [2.05, 4.69) is 30.2 Å². The molecule has 1 aromatic heterocycles. The summed E-state index contributed by atoms with van der Waals surface area (Å²) in [6, 6.07) is 7.61. The predicted octanol–water partition coefficient (Wildman–Crippen LogP) is 3.08. The molecule has 0 radical (unpaired) electrons. The first-order chi connectivity index (χ1) is 11.0. The van der Waals surface area contributed by atoms with Gasteiger partial charge in [-0.05, 0) is 43.2 Å². The largest absolute Gasteiger partial charge is 0.347 e. The van der Waals surface area contributed by atoms with E-state index >= 15 is 0 Å². The number of benzene rings is 1. The van der Waals surface area contributed by atoms with E-state index in [-0.39, 0.29) is 12.5 Å². The molecule has 0 spiro atoms. The Morgan fingerprint density at radius 2 is 2.22 bits per heavy atom. The van der Waals surface area contributed by atoms with Gasteiger partial charge in [-0.2, -0.15) is 0 Å². The van der Waals surface area contributed by atoms with Gasteiger partial charge in [0.05, 0.1) is 0 Å². The summed E-state index contributed by atoms with van der Waals surface area (Å²) in [5.41, 5.74) is 1.34. The van der Waals surface area contributed by atoms with E-state index in [0.29, 0.717) is 5.25 Å². The Bertz CT molecular complexity index is 743. The summed E-state index contributed by atoms with van der Waals surface area (Å²) < 4.78 is 1.28. The van der Waals surface area contributed by atoms with Gasteiger partial charge >= 0.3 is 5.69 Å². The SMILES string of the molecule is CC[C@@H](C)Sc1ccc(NC(=O)Cn2cccnc2=O)c(C)c1. The molecule has 2 aromatic rings. The summed E-state index contributed by atoms with van der Waals surface area (Å²) in [6.07, 6.45) is 4.07. The van der Waals surface area contributed by atoms with E-state index in [4.69, 9.17) is 0 Å². The maximum Gasteiger partial charge on any atom is 0.347 e. The second-order valence-corrected chi connectivity index (χ2v) is 6.90. The Morgan fingerprint density at radius 1 is 1.43 bits per heavy atom. The summed E-state index contributed by atoms with van der Waals surface area (Å²) in [5, 5.41) is 3.41. The molecule has 5 nitrogen and oxygen atoms in total. The molecule has 0 saturated carbocycles. The van der Waals surface area contributed by atoms with Gasteiger partial charge in [0.1, 0.15) is 6.54 Å². The summed E-state index contributed by atoms with van der Waals surface area (Å²) in [4.78, 5) is 28.4. The summed E-state index contributed by atoms with van der Waals surface area (Å²) in [6.45, 7) is 6.28. The fourth-order valence-corrected chi connectivity index (χ4v) is 3.04. The topological polar surface area (TPSA) is 64.0 Å². The molecule has 1 atom stereocenters. The number of carbonyl (C=O) groups excluding carboxylic acids is 1. The van der Waals surface area contributed by atoms with Crippen molar-refractivity contribution in [3.63, 3.8) is 0 Å². The van der Waals surface area contributed by atoms with Crippen molar-refractivity contribution in [1.29, 1.82) is 0 Å². The van der Waals surface area contributed by atoms with Gasteiger partial charge in [-0.3, -0.25) is 9.36 Å². The lowest BCUT2D eigenvalue weighted by molar-refractivity contribution is -0.116. The minimum Gasteiger partial charge on any atom is -0.324 e. The Labute approximate surface area is 140 Å². The molecule has 1 heterocycles. The molecule has 2 rings (SSSR count). The average Bonchev–Trinajstić information content (AvgIpc) is 2.52. The van der Waals surface area contributed by atoms with Crippen LogP contribution in [0.1, 0.15) is 25.8 Å². The molecule has 23 heavy (non-hydrogen) atoms. The van der Waals surface area contributed by atoms with Gasteiger partial charge in [0.15, 0.2) is 0 Å². The lowest BCUT2D eigenvalue weighted by Crippen LogP contribution is -2.28. The summed E-state index contributed by atoms with van der Waals surface area (Å²) in [7, 11) is 0. The van der Waals surface area contributed by atoms with E-state index in [0.717, 1.165) is 17.7 Å². The zero-order valence-electron chi connectivity index (χ0n) is 13.6. The van der Waals surface area contributed by atoms with E-state index in [1.807, 2.05) is 30.8 Å². The van der Waals surface area contributed by atoms with Crippen LogP contribution in [0, 0.1) is 6.92 Å². The van der Waals surface area contributed by atoms with Crippen LogP contribution in [-0.4, -0.2) is 20.7 Å². The highest BCUT2D eigenvalue weighted by atomic mass is 32.2. The Balaban J connectivity index is 2.04. The summed E-state index contributed by atoms with van der Waals surface area (Å²) >= 11 is 1.82. The number of aromatic nitrogens is 2. The van der Waals surface area contributed by atoms with Crippen molar-refractivity contribution >= 4 is 23.4 Å². The number of thioether (sulfide) groups is 1. The molecule has 122 valence electrons. The fraction of sp³-hybridized carbons (Fsp3) is 0.353. The molecular weight excluding hydrogens is 310 g/mol. The van der Waals surface area contributed by atoms with E-state index in [1.165, 1.54) is 15.7 Å². The third kappa shape index (κ3) is 4.96. The number of rotatable bonds is 6. The third-order valence-corrected chi connectivity index (χ3v) is 4.74. The summed E-state index contributed by atoms with van der Waals surface area (Å²) in [5.74, 6) is -0.245. The third-order valence-electron chi connectivity index (χ3n) is 3.48. The Morgan fingerprint density at radius 3 is 2.87 bits per heavy atom. The van der Waals surface area contributed by atoms with Crippen molar-refractivity contribution in [2.24, 2.45) is 0 Å². The Kier molecular flexibility index (Phi) is 5.98. The van der Waals surface area contributed by atoms with E-state index in [1.54, 1.807) is 12.3 Å². The normalized spacial score (nSPS) is 12.0. The smallest absolute Gasteiger partial charge is 0.324 e. The van der Waals surface area contributed by atoms with Gasteiger partial charge in [-0.1, -0.05) is 13.8 Å². The minimum absolute atomic E-state index is 0.0461. The highest BCUT2D eigenvalue weighted by Crippen LogP contribution is 2.28. The van der Waals surface area contributed by atoms with Crippen LogP contribution < -0.4 is 11.0 Å². The van der Waals surface area contributed by atoms with Gasteiger partial charge in [-0.15, -0.1) is 11.8 Å². The second-order valence-electron chi connectivity index (χ2n) is 5.39. The number of hydrogen-bond acceptors (Lipinski definition) is 4. The average molecular weight is 331 g/mol. The van der Waals surface area contributed by atoms with Crippen molar-refractivity contribution in [2.75, 3.05) is 5.32 Å². The molecule has 1 N–H and O–H groups in total. The molecule has 0 aliphatic carbocycles. The molecule has 1 amide bonds. The maximum atomic E-state index is 12.1. The van der Waals surface area contributed by atoms with Crippen molar-refractivity contribution in [1.82, 2.24) is 9.55 Å². The maximum absolute atomic E-state index is 12.1. The Hall–Kier alpha value is -2.08. The monoisotopic (exact) mass is 331 g/mol. The number of amides is 1. The highest BCUT2D eigenvalue weighted by Gasteiger charge is 2.09. The van der Waals surface area contributed by atoms with Crippen LogP contribution in [0.25, 0.3) is 0 Å². The van der Waals surface area contributed by atoms with Crippen LogP contribution in [-0.2, 0) is 11.3 Å². The van der Waals surface area contributed by atoms with Crippen LogP contribution in [0.3, 0.4) is 0 Å². The number of nitrogens with one attached hydrogen (secondary N) is 1. The molecule has 0 fully saturated rings. The zero-order valence-corrected chi connectivity index (χ0v) is 14.4. The first-order valence-electron chi connectivity index (χ1n) is 7.58. The van der Waals surface area contributed by atoms with Gasteiger partial charge in [0.25, 0.3) is 0 Å². The second kappa shape index (κ2) is 7.97. The molecular formula is C17H21N3O2S. The zero-order chi connectivity index (χ0) is 16.8. The van der Waals surface area contributed by atoms with Crippen molar-refractivity contribution in [3.05, 3.63) is 52.7 Å². The predicted molar refractivity (Wildman–Crippen MR) is 93.9 cm³/mol. The van der Waals surface area contributed by atoms with E-state index < -0.39 is 5.69 Å². The standard InChI is InChI=1S/C17H21N3O2S/c1-4-13(3)23-14-6-7-15(12(2)10-14)19-16(21)11-20-9-5-8-18-17(20)22/h5-10,13H,4,11H2,1-3H3,(H,19,21)/t13-/m1/s1. The number of carbonyl (C=O) groups is 1. The fourth-order valence-electron chi connectivity index (χ4n) is 2.02. The number of anilines is 1. The lowest BCUT2D eigenvalue weighted by atomic mass is 10.2. The van der Waals surface area contributed by atoms with E-state index in [9.17, 15) is 9.59 Å². The van der Waals surface area contributed by atoms with Crippen molar-refractivity contribution < 1.29 is 4.79 Å². The van der Waals surface area contributed by atoms with Crippen LogP contribution in [0.5, 0.6) is 0 Å². The molecule has 6 heteroatoms. The van der Waals surface area contributed by atoms with Gasteiger partial charge in [0.2, 0.25) is 5.91 Å². The van der Waals surface area contributed by atoms with Gasteiger partial charge in [0, 0.05) is 28.2 Å². The number of nitrogens with zero attached hydrogens (tertiary/aromatic N) is 2. The minimum atomic E-state index is -0.431. The molecule has 0 bridgehead atoms. The van der Waals surface area contributed by atoms with Gasteiger partial charge < -0.3 is 5.32 Å². The molecule has 0 saturated heterocycles. The van der Waals surface area contributed by atoms with Gasteiger partial charge in [-0.25, -0.2) is 9.78 Å².